The van der Waals surface area contributed by atoms with Crippen LogP contribution < -0.4 is 9.62 Å². The molecule has 29 heavy (non-hydrogen) atoms. The zero-order chi connectivity index (χ0) is 20.6. The Bertz CT molecular complexity index is 977. The van der Waals surface area contributed by atoms with Gasteiger partial charge in [0.2, 0.25) is 10.0 Å². The smallest absolute Gasteiger partial charge is 0.208 e. The highest BCUT2D eigenvalue weighted by atomic mass is 32.2. The zero-order valence-electron chi connectivity index (χ0n) is 17.3. The lowest BCUT2D eigenvalue weighted by molar-refractivity contribution is 0.0331. The van der Waals surface area contributed by atoms with Gasteiger partial charge in [-0.2, -0.15) is 0 Å². The highest BCUT2D eigenvalue weighted by molar-refractivity contribution is 7.88. The van der Waals surface area contributed by atoms with Crippen LogP contribution in [-0.2, 0) is 21.3 Å². The first kappa shape index (κ1) is 20.9. The molecule has 160 valence electrons. The molecule has 0 aromatic carbocycles. The third kappa shape index (κ3) is 4.88. The van der Waals surface area contributed by atoms with E-state index in [2.05, 4.69) is 28.4 Å². The molecule has 0 saturated carbocycles. The molecule has 2 saturated heterocycles. The number of fused-ring (bicyclic) bond motifs is 1. The molecule has 2 aromatic heterocycles. The van der Waals surface area contributed by atoms with Crippen molar-refractivity contribution in [2.75, 3.05) is 50.5 Å². The molecule has 0 aliphatic carbocycles. The number of aryl methyl sites for hydroxylation is 2. The van der Waals surface area contributed by atoms with Crippen molar-refractivity contribution in [2.45, 2.75) is 39.3 Å². The van der Waals surface area contributed by atoms with Crippen molar-refractivity contribution < 1.29 is 13.2 Å². The van der Waals surface area contributed by atoms with E-state index in [0.29, 0.717) is 0 Å². The van der Waals surface area contributed by atoms with Crippen molar-refractivity contribution in [2.24, 2.45) is 0 Å². The second-order valence-corrected chi connectivity index (χ2v) is 10.9. The van der Waals surface area contributed by atoms with Crippen LogP contribution in [0, 0.1) is 13.8 Å². The Hall–Kier alpha value is -1.33. The summed E-state index contributed by atoms with van der Waals surface area (Å²) in [5.74, 6) is 1.85. The van der Waals surface area contributed by atoms with E-state index in [9.17, 15) is 8.42 Å². The Morgan fingerprint density at radius 2 is 1.83 bits per heavy atom. The zero-order valence-corrected chi connectivity index (χ0v) is 18.9. The molecule has 0 radical (unpaired) electrons. The fourth-order valence-electron chi connectivity index (χ4n) is 4.04. The number of nitrogens with one attached hydrogen (secondary N) is 1. The Morgan fingerprint density at radius 1 is 1.14 bits per heavy atom. The van der Waals surface area contributed by atoms with Gasteiger partial charge in [-0.05, 0) is 32.3 Å². The van der Waals surface area contributed by atoms with E-state index in [4.69, 9.17) is 14.7 Å². The van der Waals surface area contributed by atoms with E-state index in [-0.39, 0.29) is 6.04 Å². The van der Waals surface area contributed by atoms with Crippen LogP contribution in [0.2, 0.25) is 0 Å². The van der Waals surface area contributed by atoms with Gasteiger partial charge in [0.15, 0.2) is 0 Å². The van der Waals surface area contributed by atoms with Gasteiger partial charge >= 0.3 is 0 Å². The maximum atomic E-state index is 11.5. The fourth-order valence-corrected chi connectivity index (χ4v) is 5.93. The summed E-state index contributed by atoms with van der Waals surface area (Å²) in [6.45, 7) is 9.89. The van der Waals surface area contributed by atoms with E-state index in [1.807, 2.05) is 0 Å². The molecule has 0 amide bonds. The fraction of sp³-hybridized carbons (Fsp3) is 0.684. The third-order valence-electron chi connectivity index (χ3n) is 5.70. The maximum Gasteiger partial charge on any atom is 0.208 e. The van der Waals surface area contributed by atoms with Gasteiger partial charge in [0.05, 0.1) is 31.4 Å². The molecule has 0 spiro atoms. The van der Waals surface area contributed by atoms with Crippen LogP contribution in [0.5, 0.6) is 0 Å². The summed E-state index contributed by atoms with van der Waals surface area (Å²) in [6.07, 6.45) is 2.78. The number of rotatable bonds is 5. The van der Waals surface area contributed by atoms with Gasteiger partial charge in [0.25, 0.3) is 0 Å². The molecular formula is C19H29N5O3S2. The van der Waals surface area contributed by atoms with Gasteiger partial charge in [-0.15, -0.1) is 11.3 Å². The summed E-state index contributed by atoms with van der Waals surface area (Å²) < 4.78 is 31.3. The number of aromatic nitrogens is 2. The van der Waals surface area contributed by atoms with Crippen molar-refractivity contribution in [3.8, 4) is 0 Å². The van der Waals surface area contributed by atoms with Crippen molar-refractivity contribution in [3.63, 3.8) is 0 Å². The van der Waals surface area contributed by atoms with E-state index < -0.39 is 10.0 Å². The summed E-state index contributed by atoms with van der Waals surface area (Å²) in [5, 5.41) is 1.15. The predicted octanol–water partition coefficient (Wildman–Crippen LogP) is 1.66. The third-order valence-corrected chi connectivity index (χ3v) is 7.56. The first-order chi connectivity index (χ1) is 13.8. The van der Waals surface area contributed by atoms with E-state index in [1.165, 1.54) is 16.7 Å². The molecular weight excluding hydrogens is 410 g/mol. The monoisotopic (exact) mass is 439 g/mol. The Balaban J connectivity index is 1.60. The van der Waals surface area contributed by atoms with Crippen LogP contribution >= 0.6 is 11.3 Å². The molecule has 1 N–H and O–H groups in total. The van der Waals surface area contributed by atoms with Crippen LogP contribution in [0.3, 0.4) is 0 Å². The number of thiophene rings is 1. The molecule has 10 heteroatoms. The number of ether oxygens (including phenoxy) is 1. The lowest BCUT2D eigenvalue weighted by Crippen LogP contribution is -2.44. The Labute approximate surface area is 176 Å². The molecule has 4 rings (SSSR count). The van der Waals surface area contributed by atoms with E-state index in [1.54, 1.807) is 11.3 Å². The molecule has 2 aromatic rings. The molecule has 8 nitrogen and oxygen atoms in total. The number of hydrogen-bond acceptors (Lipinski definition) is 8. The molecule has 2 aliphatic rings. The predicted molar refractivity (Wildman–Crippen MR) is 116 cm³/mol. The van der Waals surface area contributed by atoms with Gasteiger partial charge in [-0.3, -0.25) is 4.90 Å². The molecule has 0 atom stereocenters. The number of nitrogens with zero attached hydrogens (tertiary/aromatic N) is 4. The van der Waals surface area contributed by atoms with Gasteiger partial charge in [0, 0.05) is 37.1 Å². The van der Waals surface area contributed by atoms with Crippen molar-refractivity contribution in [3.05, 3.63) is 16.3 Å². The minimum atomic E-state index is -3.18. The van der Waals surface area contributed by atoms with Crippen molar-refractivity contribution >= 4 is 37.4 Å². The topological polar surface area (TPSA) is 87.7 Å². The first-order valence-electron chi connectivity index (χ1n) is 10.1. The quantitative estimate of drug-likeness (QED) is 0.758. The highest BCUT2D eigenvalue weighted by Gasteiger charge is 2.26. The molecule has 0 bridgehead atoms. The molecule has 2 aliphatic heterocycles. The van der Waals surface area contributed by atoms with Gasteiger partial charge in [-0.1, -0.05) is 0 Å². The first-order valence-corrected chi connectivity index (χ1v) is 12.8. The number of sulfonamides is 1. The molecule has 0 unspecified atom stereocenters. The van der Waals surface area contributed by atoms with Crippen molar-refractivity contribution in [1.82, 2.24) is 19.6 Å². The SMILES string of the molecule is Cc1sc2nc(CN3CCOCC3)nc(N3CCC(NS(C)(=O)=O)CC3)c2c1C. The number of piperidine rings is 1. The lowest BCUT2D eigenvalue weighted by atomic mass is 10.1. The second-order valence-electron chi connectivity index (χ2n) is 7.97. The van der Waals surface area contributed by atoms with Crippen LogP contribution in [0.25, 0.3) is 10.2 Å². The van der Waals surface area contributed by atoms with E-state index in [0.717, 1.165) is 80.6 Å². The molecule has 2 fully saturated rings. The summed E-state index contributed by atoms with van der Waals surface area (Å²) in [7, 11) is -3.18. The van der Waals surface area contributed by atoms with Gasteiger partial charge in [0.1, 0.15) is 16.5 Å². The maximum absolute atomic E-state index is 11.5. The summed E-state index contributed by atoms with van der Waals surface area (Å²) in [4.78, 5) is 16.8. The Morgan fingerprint density at radius 3 is 2.48 bits per heavy atom. The average molecular weight is 440 g/mol. The van der Waals surface area contributed by atoms with Crippen LogP contribution in [0.1, 0.15) is 29.1 Å². The van der Waals surface area contributed by atoms with Crippen LogP contribution in [0.4, 0.5) is 5.82 Å². The number of hydrogen-bond donors (Lipinski definition) is 1. The minimum Gasteiger partial charge on any atom is -0.379 e. The summed E-state index contributed by atoms with van der Waals surface area (Å²) in [6, 6.07) is -0.00305. The summed E-state index contributed by atoms with van der Waals surface area (Å²) >= 11 is 1.73. The normalized spacial score (nSPS) is 19.9. The summed E-state index contributed by atoms with van der Waals surface area (Å²) in [5.41, 5.74) is 1.24. The molecule has 4 heterocycles. The average Bonchev–Trinajstić information content (AvgIpc) is 2.95. The lowest BCUT2D eigenvalue weighted by Gasteiger charge is -2.33. The Kier molecular flexibility index (Phi) is 6.08. The second kappa shape index (κ2) is 8.43. The van der Waals surface area contributed by atoms with E-state index >= 15 is 0 Å². The van der Waals surface area contributed by atoms with Crippen molar-refractivity contribution in [1.29, 1.82) is 0 Å². The van der Waals surface area contributed by atoms with Gasteiger partial charge < -0.3 is 9.64 Å². The largest absolute Gasteiger partial charge is 0.379 e. The van der Waals surface area contributed by atoms with Crippen LogP contribution in [0.15, 0.2) is 0 Å². The highest BCUT2D eigenvalue weighted by Crippen LogP contribution is 2.36. The standard InChI is InChI=1S/C19H29N5O3S2/c1-13-14(2)28-19-17(13)18(20-16(21-19)12-23-8-10-27-11-9-23)24-6-4-15(5-7-24)22-29(3,25)26/h15,22H,4-12H2,1-3H3. The minimum absolute atomic E-state index is 0.00305. The number of anilines is 1. The van der Waals surface area contributed by atoms with Crippen LogP contribution in [-0.4, -0.2) is 75.0 Å². The van der Waals surface area contributed by atoms with Gasteiger partial charge in [-0.25, -0.2) is 23.1 Å². The number of morpholine rings is 1.